The van der Waals surface area contributed by atoms with E-state index in [1.807, 2.05) is 44.2 Å². The molecule has 0 radical (unpaired) electrons. The highest BCUT2D eigenvalue weighted by Gasteiger charge is 2.80. The van der Waals surface area contributed by atoms with Crippen LogP contribution in [0.15, 0.2) is 55.6 Å². The Labute approximate surface area is 245 Å². The van der Waals surface area contributed by atoms with E-state index in [1.54, 1.807) is 26.9 Å². The Morgan fingerprint density at radius 2 is 1.73 bits per heavy atom. The Morgan fingerprint density at radius 3 is 2.29 bits per heavy atom. The number of ether oxygens (including phenoxy) is 1. The molecule has 3 unspecified atom stereocenters. The third kappa shape index (κ3) is 5.03. The van der Waals surface area contributed by atoms with E-state index in [4.69, 9.17) is 4.74 Å². The summed E-state index contributed by atoms with van der Waals surface area (Å²) in [6.45, 7) is 17.2. The molecule has 0 aliphatic carbocycles. The molecule has 224 valence electrons. The highest BCUT2D eigenvalue weighted by atomic mass is 16.5. The highest BCUT2D eigenvalue weighted by molar-refractivity contribution is 5.99. The summed E-state index contributed by atoms with van der Waals surface area (Å²) in [6.07, 6.45) is 6.37. The van der Waals surface area contributed by atoms with Gasteiger partial charge in [-0.1, -0.05) is 69.7 Å². The number of hydrogen-bond acceptors (Lipinski definition) is 5. The SMILES string of the molecule is C=CCN(CCCC)C(=O)C1N([C@H](CO)c2ccccc2)C(=O)[C@@H]2[C@H](C(=O)N(CC=C)CCC)[C@@]3(C)OC12CC3C. The van der Waals surface area contributed by atoms with E-state index in [0.29, 0.717) is 32.6 Å². The zero-order chi connectivity index (χ0) is 29.9. The van der Waals surface area contributed by atoms with Gasteiger partial charge in [-0.15, -0.1) is 13.2 Å². The summed E-state index contributed by atoms with van der Waals surface area (Å²) in [7, 11) is 0. The Balaban J connectivity index is 1.88. The molecule has 3 fully saturated rings. The third-order valence-corrected chi connectivity index (χ3v) is 9.54. The average molecular weight is 566 g/mol. The van der Waals surface area contributed by atoms with Gasteiger partial charge in [-0.3, -0.25) is 14.4 Å². The Morgan fingerprint density at radius 1 is 1.10 bits per heavy atom. The molecule has 8 heteroatoms. The van der Waals surface area contributed by atoms with Gasteiger partial charge in [0, 0.05) is 26.2 Å². The molecule has 2 bridgehead atoms. The average Bonchev–Trinajstić information content (AvgIpc) is 3.48. The molecule has 3 heterocycles. The second-order valence-electron chi connectivity index (χ2n) is 12.1. The largest absolute Gasteiger partial charge is 0.394 e. The molecule has 7 atom stereocenters. The molecule has 0 saturated carbocycles. The number of likely N-dealkylation sites (tertiary alicyclic amines) is 1. The van der Waals surface area contributed by atoms with E-state index in [-0.39, 0.29) is 30.2 Å². The van der Waals surface area contributed by atoms with Gasteiger partial charge in [0.15, 0.2) is 0 Å². The van der Waals surface area contributed by atoms with E-state index in [0.717, 1.165) is 24.8 Å². The third-order valence-electron chi connectivity index (χ3n) is 9.54. The maximum absolute atomic E-state index is 14.7. The molecule has 3 amide bonds. The quantitative estimate of drug-likeness (QED) is 0.345. The molecule has 3 aliphatic heterocycles. The van der Waals surface area contributed by atoms with Gasteiger partial charge >= 0.3 is 0 Å². The minimum Gasteiger partial charge on any atom is -0.394 e. The van der Waals surface area contributed by atoms with Crippen LogP contribution in [0, 0.1) is 17.8 Å². The number of carbonyl (C=O) groups excluding carboxylic acids is 3. The number of hydrogen-bond donors (Lipinski definition) is 1. The van der Waals surface area contributed by atoms with Crippen molar-refractivity contribution in [1.82, 2.24) is 14.7 Å². The smallest absolute Gasteiger partial charge is 0.248 e. The Hall–Kier alpha value is -2.97. The Kier molecular flexibility index (Phi) is 9.44. The summed E-state index contributed by atoms with van der Waals surface area (Å²) in [6, 6.07) is 7.58. The van der Waals surface area contributed by atoms with Crippen LogP contribution in [-0.2, 0) is 19.1 Å². The van der Waals surface area contributed by atoms with Crippen molar-refractivity contribution in [2.75, 3.05) is 32.8 Å². The standard InChI is InChI=1S/C33H47N3O5/c1-7-11-20-35(19-10-4)31(40)28-33-21-23(5)32(6,41-33)26(29(38)34(17-8-2)18-9-3)27(33)30(39)36(28)25(22-37)24-15-13-12-14-16-24/h8,10,12-16,23,25-28,37H,2,4,7,9,11,17-22H2,1,3,5-6H3/t23?,25-,26-,27+,28?,32+,33?/m1/s1. The predicted molar refractivity (Wildman–Crippen MR) is 159 cm³/mol. The summed E-state index contributed by atoms with van der Waals surface area (Å²) < 4.78 is 6.93. The van der Waals surface area contributed by atoms with E-state index >= 15 is 0 Å². The lowest BCUT2D eigenvalue weighted by Crippen LogP contribution is -2.57. The summed E-state index contributed by atoms with van der Waals surface area (Å²) in [4.78, 5) is 48.7. The van der Waals surface area contributed by atoms with Crippen molar-refractivity contribution in [2.24, 2.45) is 17.8 Å². The van der Waals surface area contributed by atoms with E-state index in [1.165, 1.54) is 0 Å². The number of unbranched alkanes of at least 4 members (excludes halogenated alkanes) is 1. The first-order valence-electron chi connectivity index (χ1n) is 15.1. The van der Waals surface area contributed by atoms with Crippen LogP contribution in [0.3, 0.4) is 0 Å². The maximum atomic E-state index is 14.7. The van der Waals surface area contributed by atoms with Crippen LogP contribution in [0.4, 0.5) is 0 Å². The number of amides is 3. The van der Waals surface area contributed by atoms with Gasteiger partial charge in [-0.25, -0.2) is 0 Å². The molecular weight excluding hydrogens is 518 g/mol. The molecule has 41 heavy (non-hydrogen) atoms. The van der Waals surface area contributed by atoms with Gasteiger partial charge in [0.25, 0.3) is 0 Å². The molecule has 1 aromatic rings. The molecule has 0 aromatic heterocycles. The van der Waals surface area contributed by atoms with E-state index in [9.17, 15) is 19.5 Å². The summed E-state index contributed by atoms with van der Waals surface area (Å²) in [5.74, 6) is -2.29. The van der Waals surface area contributed by atoms with Gasteiger partial charge < -0.3 is 24.5 Å². The maximum Gasteiger partial charge on any atom is 0.248 e. The predicted octanol–water partition coefficient (Wildman–Crippen LogP) is 3.97. The van der Waals surface area contributed by atoms with Crippen molar-refractivity contribution in [1.29, 1.82) is 0 Å². The fourth-order valence-corrected chi connectivity index (χ4v) is 7.58. The van der Waals surface area contributed by atoms with Gasteiger partial charge in [-0.2, -0.15) is 0 Å². The van der Waals surface area contributed by atoms with Crippen molar-refractivity contribution >= 4 is 17.7 Å². The van der Waals surface area contributed by atoms with Crippen molar-refractivity contribution in [3.63, 3.8) is 0 Å². The highest BCUT2D eigenvalue weighted by Crippen LogP contribution is 2.66. The summed E-state index contributed by atoms with van der Waals surface area (Å²) >= 11 is 0. The topological polar surface area (TPSA) is 90.4 Å². The van der Waals surface area contributed by atoms with Crippen molar-refractivity contribution in [2.45, 2.75) is 76.7 Å². The van der Waals surface area contributed by atoms with Crippen LogP contribution in [0.2, 0.25) is 0 Å². The number of carbonyl (C=O) groups is 3. The first kappa shape index (κ1) is 31.0. The summed E-state index contributed by atoms with van der Waals surface area (Å²) in [5.41, 5.74) is -1.34. The number of aliphatic hydroxyl groups is 1. The lowest BCUT2D eigenvalue weighted by molar-refractivity contribution is -0.157. The second kappa shape index (κ2) is 12.5. The first-order valence-corrected chi connectivity index (χ1v) is 15.1. The first-order chi connectivity index (χ1) is 19.7. The minimum atomic E-state index is -1.18. The molecule has 4 rings (SSSR count). The number of benzene rings is 1. The number of fused-ring (bicyclic) bond motifs is 1. The molecule has 1 spiro atoms. The van der Waals surface area contributed by atoms with Crippen LogP contribution >= 0.6 is 0 Å². The zero-order valence-electron chi connectivity index (χ0n) is 25.1. The van der Waals surface area contributed by atoms with E-state index < -0.39 is 35.1 Å². The van der Waals surface area contributed by atoms with Crippen LogP contribution in [-0.4, -0.2) is 87.6 Å². The van der Waals surface area contributed by atoms with Crippen LogP contribution in [0.25, 0.3) is 0 Å². The normalized spacial score (nSPS) is 30.7. The van der Waals surface area contributed by atoms with Gasteiger partial charge in [0.05, 0.1) is 30.1 Å². The van der Waals surface area contributed by atoms with Crippen molar-refractivity contribution in [3.8, 4) is 0 Å². The van der Waals surface area contributed by atoms with Gasteiger partial charge in [0.1, 0.15) is 11.6 Å². The Bertz CT molecular complexity index is 1140. The van der Waals surface area contributed by atoms with Crippen LogP contribution in [0.1, 0.15) is 65.0 Å². The van der Waals surface area contributed by atoms with Crippen molar-refractivity contribution < 1.29 is 24.2 Å². The minimum absolute atomic E-state index is 0.0595. The number of rotatable bonds is 14. The molecule has 1 aromatic carbocycles. The number of nitrogens with zero attached hydrogens (tertiary/aromatic N) is 3. The fourth-order valence-electron chi connectivity index (χ4n) is 7.58. The summed E-state index contributed by atoms with van der Waals surface area (Å²) in [5, 5.41) is 10.7. The zero-order valence-corrected chi connectivity index (χ0v) is 25.1. The monoisotopic (exact) mass is 565 g/mol. The molecule has 3 aliphatic rings. The van der Waals surface area contributed by atoms with Crippen molar-refractivity contribution in [3.05, 3.63) is 61.2 Å². The fraction of sp³-hybridized carbons (Fsp3) is 0.606. The molecular formula is C33H47N3O5. The van der Waals surface area contributed by atoms with Gasteiger partial charge in [0.2, 0.25) is 17.7 Å². The number of aliphatic hydroxyl groups excluding tert-OH is 1. The lowest BCUT2D eigenvalue weighted by Gasteiger charge is -2.39. The van der Waals surface area contributed by atoms with Gasteiger partial charge in [-0.05, 0) is 37.7 Å². The lowest BCUT2D eigenvalue weighted by atomic mass is 9.62. The molecule has 8 nitrogen and oxygen atoms in total. The van der Waals surface area contributed by atoms with Crippen LogP contribution < -0.4 is 0 Å². The molecule has 1 N–H and O–H groups in total. The second-order valence-corrected chi connectivity index (χ2v) is 12.1. The van der Waals surface area contributed by atoms with E-state index in [2.05, 4.69) is 27.0 Å². The van der Waals surface area contributed by atoms with Crippen LogP contribution in [0.5, 0.6) is 0 Å². The molecule has 3 saturated heterocycles.